The number of nitrogens with two attached hydrogens (primary N) is 1. The predicted molar refractivity (Wildman–Crippen MR) is 33.8 cm³/mol. The molecule has 0 aromatic heterocycles. The Bertz CT molecular complexity index is 211. The molecule has 0 saturated carbocycles. The van der Waals surface area contributed by atoms with Crippen LogP contribution in [0.3, 0.4) is 0 Å². The molecule has 1 atom stereocenters. The van der Waals surface area contributed by atoms with Gasteiger partial charge in [-0.05, 0) is 6.20 Å². The highest BCUT2D eigenvalue weighted by Crippen LogP contribution is 2.04. The molecule has 0 radical (unpaired) electrons. The minimum absolute atomic E-state index is 0.471. The van der Waals surface area contributed by atoms with Gasteiger partial charge in [-0.25, -0.2) is 13.6 Å². The van der Waals surface area contributed by atoms with Gasteiger partial charge in [0.1, 0.15) is 5.37 Å². The lowest BCUT2D eigenvalue weighted by Gasteiger charge is -2.05. The molecule has 0 aromatic carbocycles. The average Bonchev–Trinajstić information content (AvgIpc) is 2.08. The van der Waals surface area contributed by atoms with Crippen molar-refractivity contribution in [2.24, 2.45) is 5.14 Å². The van der Waals surface area contributed by atoms with Gasteiger partial charge in [0.15, 0.2) is 0 Å². The second kappa shape index (κ2) is 2.00. The molecule has 1 heterocycles. The Morgan fingerprint density at radius 1 is 1.67 bits per heavy atom. The van der Waals surface area contributed by atoms with E-state index in [4.69, 9.17) is 5.14 Å². The van der Waals surface area contributed by atoms with E-state index in [1.165, 1.54) is 0 Å². The minimum Gasteiger partial charge on any atom is -0.374 e. The van der Waals surface area contributed by atoms with E-state index >= 15 is 0 Å². The van der Waals surface area contributed by atoms with Crippen molar-refractivity contribution < 1.29 is 8.42 Å². The molecular weight excluding hydrogens is 140 g/mol. The van der Waals surface area contributed by atoms with E-state index in [0.717, 1.165) is 0 Å². The Morgan fingerprint density at radius 2 is 2.33 bits per heavy atom. The summed E-state index contributed by atoms with van der Waals surface area (Å²) in [5, 5.41) is 6.81. The van der Waals surface area contributed by atoms with Crippen LogP contribution in [-0.2, 0) is 10.0 Å². The van der Waals surface area contributed by atoms with Gasteiger partial charge in [0, 0.05) is 6.42 Å². The van der Waals surface area contributed by atoms with Crippen molar-refractivity contribution in [3.8, 4) is 0 Å². The Morgan fingerprint density at radius 3 is 2.56 bits per heavy atom. The van der Waals surface area contributed by atoms with Crippen LogP contribution in [0.15, 0.2) is 12.3 Å². The number of sulfonamides is 1. The van der Waals surface area contributed by atoms with Crippen LogP contribution in [0.5, 0.6) is 0 Å². The van der Waals surface area contributed by atoms with Crippen LogP contribution in [0, 0.1) is 0 Å². The topological polar surface area (TPSA) is 72.2 Å². The van der Waals surface area contributed by atoms with E-state index < -0.39 is 15.4 Å². The van der Waals surface area contributed by atoms with E-state index in [1.54, 1.807) is 12.3 Å². The van der Waals surface area contributed by atoms with Gasteiger partial charge in [-0.15, -0.1) is 0 Å². The zero-order valence-corrected chi connectivity index (χ0v) is 5.56. The van der Waals surface area contributed by atoms with Crippen LogP contribution < -0.4 is 10.5 Å². The minimum atomic E-state index is -3.38. The molecule has 0 aromatic rings. The van der Waals surface area contributed by atoms with E-state index in [0.29, 0.717) is 6.42 Å². The van der Waals surface area contributed by atoms with Crippen LogP contribution in [0.1, 0.15) is 6.42 Å². The summed E-state index contributed by atoms with van der Waals surface area (Å²) in [5.41, 5.74) is 0. The molecule has 0 aliphatic carbocycles. The molecule has 5 heteroatoms. The zero-order chi connectivity index (χ0) is 6.91. The molecule has 1 aliphatic rings. The summed E-state index contributed by atoms with van der Waals surface area (Å²) in [6, 6.07) is 0. The van der Waals surface area contributed by atoms with Crippen molar-refractivity contribution >= 4 is 10.0 Å². The molecule has 3 N–H and O–H groups in total. The fourth-order valence-electron chi connectivity index (χ4n) is 0.664. The Kier molecular flexibility index (Phi) is 1.46. The van der Waals surface area contributed by atoms with Crippen LogP contribution >= 0.6 is 0 Å². The summed E-state index contributed by atoms with van der Waals surface area (Å²) in [7, 11) is -3.38. The third kappa shape index (κ3) is 1.43. The van der Waals surface area contributed by atoms with Gasteiger partial charge in [0.05, 0.1) is 0 Å². The first-order chi connectivity index (χ1) is 4.11. The molecule has 4 nitrogen and oxygen atoms in total. The summed E-state index contributed by atoms with van der Waals surface area (Å²) in [6.45, 7) is 0. The number of hydrogen-bond acceptors (Lipinski definition) is 3. The number of nitrogens with one attached hydrogen (secondary N) is 1. The van der Waals surface area contributed by atoms with Gasteiger partial charge in [-0.2, -0.15) is 0 Å². The molecule has 1 unspecified atom stereocenters. The van der Waals surface area contributed by atoms with E-state index in [-0.39, 0.29) is 0 Å². The van der Waals surface area contributed by atoms with Crippen molar-refractivity contribution in [3.05, 3.63) is 12.3 Å². The average molecular weight is 148 g/mol. The molecule has 0 amide bonds. The molecule has 0 spiro atoms. The highest BCUT2D eigenvalue weighted by atomic mass is 32.2. The number of hydrogen-bond donors (Lipinski definition) is 2. The smallest absolute Gasteiger partial charge is 0.230 e. The lowest BCUT2D eigenvalue weighted by molar-refractivity contribution is 0.576. The third-order valence-corrected chi connectivity index (χ3v) is 2.27. The van der Waals surface area contributed by atoms with Crippen molar-refractivity contribution in [3.63, 3.8) is 0 Å². The first kappa shape index (κ1) is 6.57. The van der Waals surface area contributed by atoms with Crippen molar-refractivity contribution in [1.82, 2.24) is 5.32 Å². The van der Waals surface area contributed by atoms with Crippen molar-refractivity contribution in [2.45, 2.75) is 11.8 Å². The maximum absolute atomic E-state index is 10.5. The maximum atomic E-state index is 10.5. The quantitative estimate of drug-likeness (QED) is 0.506. The standard InChI is InChI=1S/C4H8N2O2S/c5-9(7,8)4-2-1-3-6-4/h1,3-4,6H,2H2,(H2,5,7,8). The van der Waals surface area contributed by atoms with Crippen LogP contribution in [0.2, 0.25) is 0 Å². The molecule has 1 aliphatic heterocycles. The van der Waals surface area contributed by atoms with Gasteiger partial charge in [0.2, 0.25) is 10.0 Å². The summed E-state index contributed by atoms with van der Waals surface area (Å²) in [4.78, 5) is 0. The summed E-state index contributed by atoms with van der Waals surface area (Å²) < 4.78 is 21.0. The second-order valence-corrected chi connectivity index (χ2v) is 3.63. The zero-order valence-electron chi connectivity index (χ0n) is 4.74. The highest BCUT2D eigenvalue weighted by Gasteiger charge is 2.20. The van der Waals surface area contributed by atoms with Crippen molar-refractivity contribution in [1.29, 1.82) is 0 Å². The molecular formula is C4H8N2O2S. The molecule has 0 fully saturated rings. The molecule has 9 heavy (non-hydrogen) atoms. The van der Waals surface area contributed by atoms with E-state index in [1.807, 2.05) is 0 Å². The fraction of sp³-hybridized carbons (Fsp3) is 0.500. The normalized spacial score (nSPS) is 26.1. The maximum Gasteiger partial charge on any atom is 0.230 e. The van der Waals surface area contributed by atoms with Gasteiger partial charge in [-0.3, -0.25) is 0 Å². The molecule has 0 saturated heterocycles. The summed E-state index contributed by atoms with van der Waals surface area (Å²) in [5.74, 6) is 0. The first-order valence-corrected chi connectivity index (χ1v) is 4.14. The van der Waals surface area contributed by atoms with Crippen molar-refractivity contribution in [2.75, 3.05) is 0 Å². The van der Waals surface area contributed by atoms with E-state index in [2.05, 4.69) is 5.32 Å². The highest BCUT2D eigenvalue weighted by molar-refractivity contribution is 7.89. The number of rotatable bonds is 1. The van der Waals surface area contributed by atoms with E-state index in [9.17, 15) is 8.42 Å². The summed E-state index contributed by atoms with van der Waals surface area (Å²) in [6.07, 6.45) is 3.79. The molecule has 52 valence electrons. The lowest BCUT2D eigenvalue weighted by Crippen LogP contribution is -2.34. The predicted octanol–water partition coefficient (Wildman–Crippen LogP) is -0.892. The number of primary sulfonamides is 1. The van der Waals surface area contributed by atoms with Crippen LogP contribution in [-0.4, -0.2) is 13.8 Å². The van der Waals surface area contributed by atoms with Gasteiger partial charge in [-0.1, -0.05) is 6.08 Å². The second-order valence-electron chi connectivity index (χ2n) is 1.88. The Balaban J connectivity index is 2.68. The first-order valence-electron chi connectivity index (χ1n) is 2.53. The monoisotopic (exact) mass is 148 g/mol. The molecule has 1 rings (SSSR count). The van der Waals surface area contributed by atoms with Crippen LogP contribution in [0.25, 0.3) is 0 Å². The van der Waals surface area contributed by atoms with Gasteiger partial charge < -0.3 is 5.32 Å². The lowest BCUT2D eigenvalue weighted by atomic mass is 10.5. The van der Waals surface area contributed by atoms with Gasteiger partial charge in [0.25, 0.3) is 0 Å². The van der Waals surface area contributed by atoms with Gasteiger partial charge >= 0.3 is 0 Å². The third-order valence-electron chi connectivity index (χ3n) is 1.15. The fourth-order valence-corrected chi connectivity index (χ4v) is 1.31. The largest absolute Gasteiger partial charge is 0.374 e. The van der Waals surface area contributed by atoms with Crippen LogP contribution in [0.4, 0.5) is 0 Å². The molecule has 0 bridgehead atoms. The Hall–Kier alpha value is -0.550. The Labute approximate surface area is 53.8 Å². The SMILES string of the molecule is NS(=O)(=O)C1CC=CN1. The summed E-state index contributed by atoms with van der Waals surface area (Å²) >= 11 is 0.